The van der Waals surface area contributed by atoms with Gasteiger partial charge >= 0.3 is 7.12 Å². The summed E-state index contributed by atoms with van der Waals surface area (Å²) in [5.41, 5.74) is 0.113. The molecule has 8 heteroatoms. The molecule has 3 rings (SSSR count). The molecule has 1 fully saturated rings. The van der Waals surface area contributed by atoms with Crippen LogP contribution >= 0.6 is 22.7 Å². The molecule has 0 spiro atoms. The third-order valence-corrected chi connectivity index (χ3v) is 5.13. The number of anilines is 2. The predicted molar refractivity (Wildman–Crippen MR) is 83.2 cm³/mol. The molecule has 0 unspecified atom stereocenters. The molecule has 2 aromatic rings. The van der Waals surface area contributed by atoms with Crippen LogP contribution in [0.5, 0.6) is 0 Å². The summed E-state index contributed by atoms with van der Waals surface area (Å²) in [6.07, 6.45) is 1.76. The van der Waals surface area contributed by atoms with Crippen molar-refractivity contribution < 1.29 is 9.31 Å². The molecule has 1 saturated heterocycles. The Balaban J connectivity index is 1.75. The van der Waals surface area contributed by atoms with E-state index < -0.39 is 7.12 Å². The van der Waals surface area contributed by atoms with Crippen LogP contribution in [0.25, 0.3) is 0 Å². The number of rotatable bonds is 3. The van der Waals surface area contributed by atoms with E-state index in [4.69, 9.17) is 9.31 Å². The van der Waals surface area contributed by atoms with Crippen LogP contribution in [0.4, 0.5) is 10.3 Å². The molecule has 0 radical (unpaired) electrons. The molecule has 3 heterocycles. The van der Waals surface area contributed by atoms with E-state index in [1.165, 1.54) is 11.3 Å². The fourth-order valence-electron chi connectivity index (χ4n) is 1.79. The van der Waals surface area contributed by atoms with Gasteiger partial charge in [-0.05, 0) is 27.7 Å². The van der Waals surface area contributed by atoms with Crippen LogP contribution in [-0.4, -0.2) is 28.3 Å². The molecular formula is C12H16BN3O2S2. The van der Waals surface area contributed by atoms with E-state index in [0.717, 1.165) is 15.9 Å². The Labute approximate surface area is 126 Å². The van der Waals surface area contributed by atoms with Crippen molar-refractivity contribution in [3.8, 4) is 0 Å². The minimum atomic E-state index is -0.414. The summed E-state index contributed by atoms with van der Waals surface area (Å²) in [7, 11) is -0.414. The summed E-state index contributed by atoms with van der Waals surface area (Å²) < 4.78 is 12.0. The second-order valence-corrected chi connectivity index (χ2v) is 7.38. The first-order chi connectivity index (χ1) is 9.37. The Bertz CT molecular complexity index is 582. The van der Waals surface area contributed by atoms with Gasteiger partial charge in [-0.25, -0.2) is 9.97 Å². The molecule has 2 aromatic heterocycles. The van der Waals surface area contributed by atoms with Gasteiger partial charge in [0.15, 0.2) is 10.3 Å². The number of nitrogens with one attached hydrogen (secondary N) is 1. The molecule has 0 bridgehead atoms. The quantitative estimate of drug-likeness (QED) is 0.883. The maximum absolute atomic E-state index is 5.98. The van der Waals surface area contributed by atoms with Crippen molar-refractivity contribution >= 4 is 45.6 Å². The van der Waals surface area contributed by atoms with E-state index in [2.05, 4.69) is 15.3 Å². The third kappa shape index (κ3) is 2.48. The minimum absolute atomic E-state index is 0.343. The van der Waals surface area contributed by atoms with Crippen molar-refractivity contribution in [2.75, 3.05) is 5.32 Å². The Kier molecular flexibility index (Phi) is 3.36. The lowest BCUT2D eigenvalue weighted by molar-refractivity contribution is 0.00578. The van der Waals surface area contributed by atoms with E-state index in [1.54, 1.807) is 17.5 Å². The van der Waals surface area contributed by atoms with Crippen LogP contribution in [-0.2, 0) is 9.31 Å². The summed E-state index contributed by atoms with van der Waals surface area (Å²) in [4.78, 5) is 8.70. The maximum atomic E-state index is 5.98. The number of hydrogen-bond donors (Lipinski definition) is 1. The van der Waals surface area contributed by atoms with Gasteiger partial charge < -0.3 is 14.6 Å². The van der Waals surface area contributed by atoms with Gasteiger partial charge in [0, 0.05) is 17.0 Å². The third-order valence-electron chi connectivity index (χ3n) is 3.66. The summed E-state index contributed by atoms with van der Waals surface area (Å²) in [5, 5.41) is 8.68. The van der Waals surface area contributed by atoms with Crippen molar-refractivity contribution in [3.63, 3.8) is 0 Å². The normalized spacial score (nSPS) is 20.3. The molecule has 0 amide bonds. The van der Waals surface area contributed by atoms with Crippen LogP contribution in [0, 0.1) is 0 Å². The van der Waals surface area contributed by atoms with Crippen LogP contribution in [0.15, 0.2) is 17.0 Å². The Hall–Kier alpha value is -0.955. The Morgan fingerprint density at radius 1 is 1.10 bits per heavy atom. The van der Waals surface area contributed by atoms with Gasteiger partial charge in [0.25, 0.3) is 0 Å². The lowest BCUT2D eigenvalue weighted by atomic mass is 9.86. The molecule has 0 atom stereocenters. The summed E-state index contributed by atoms with van der Waals surface area (Å²) in [6, 6.07) is 0. The van der Waals surface area contributed by atoms with Crippen LogP contribution in [0.3, 0.4) is 0 Å². The highest BCUT2D eigenvalue weighted by molar-refractivity contribution is 7.16. The van der Waals surface area contributed by atoms with Crippen molar-refractivity contribution in [2.24, 2.45) is 0 Å². The second kappa shape index (κ2) is 4.80. The zero-order valence-electron chi connectivity index (χ0n) is 11.8. The Morgan fingerprint density at radius 3 is 2.40 bits per heavy atom. The molecule has 0 aromatic carbocycles. The molecule has 1 aliphatic heterocycles. The maximum Gasteiger partial charge on any atom is 0.515 e. The largest absolute Gasteiger partial charge is 0.515 e. The SMILES string of the molecule is CC1(C)OB(c2csc(Nc3nccs3)n2)OC1(C)C. The first-order valence-electron chi connectivity index (χ1n) is 6.35. The van der Waals surface area contributed by atoms with Gasteiger partial charge in [0.2, 0.25) is 0 Å². The summed E-state index contributed by atoms with van der Waals surface area (Å²) >= 11 is 3.06. The van der Waals surface area contributed by atoms with Gasteiger partial charge in [-0.3, -0.25) is 0 Å². The van der Waals surface area contributed by atoms with Crippen molar-refractivity contribution in [1.29, 1.82) is 0 Å². The average molecular weight is 309 g/mol. The smallest absolute Gasteiger partial charge is 0.398 e. The van der Waals surface area contributed by atoms with Gasteiger partial charge in [-0.1, -0.05) is 0 Å². The van der Waals surface area contributed by atoms with E-state index in [0.29, 0.717) is 0 Å². The van der Waals surface area contributed by atoms with Crippen LogP contribution in [0.1, 0.15) is 27.7 Å². The van der Waals surface area contributed by atoms with E-state index in [1.807, 2.05) is 38.5 Å². The van der Waals surface area contributed by atoms with Crippen molar-refractivity contribution in [3.05, 3.63) is 17.0 Å². The van der Waals surface area contributed by atoms with E-state index in [9.17, 15) is 0 Å². The fraction of sp³-hybridized carbons (Fsp3) is 0.500. The molecule has 20 heavy (non-hydrogen) atoms. The van der Waals surface area contributed by atoms with E-state index in [-0.39, 0.29) is 11.2 Å². The van der Waals surface area contributed by atoms with Crippen LogP contribution in [0.2, 0.25) is 0 Å². The average Bonchev–Trinajstić information content (AvgIpc) is 3.02. The van der Waals surface area contributed by atoms with Crippen molar-refractivity contribution in [2.45, 2.75) is 38.9 Å². The molecular weight excluding hydrogens is 293 g/mol. The lowest BCUT2D eigenvalue weighted by Gasteiger charge is -2.32. The zero-order valence-corrected chi connectivity index (χ0v) is 13.5. The number of hydrogen-bond acceptors (Lipinski definition) is 7. The minimum Gasteiger partial charge on any atom is -0.398 e. The fourth-order valence-corrected chi connectivity index (χ4v) is 3.09. The summed E-state index contributed by atoms with van der Waals surface area (Å²) in [5.74, 6) is 0. The van der Waals surface area contributed by atoms with Gasteiger partial charge in [0.1, 0.15) is 0 Å². The van der Waals surface area contributed by atoms with E-state index >= 15 is 0 Å². The highest BCUT2D eigenvalue weighted by Gasteiger charge is 2.52. The second-order valence-electron chi connectivity index (χ2n) is 5.63. The van der Waals surface area contributed by atoms with Gasteiger partial charge in [-0.15, -0.1) is 22.7 Å². The first-order valence-corrected chi connectivity index (χ1v) is 8.11. The predicted octanol–water partition coefficient (Wildman–Crippen LogP) is 2.64. The molecule has 1 aliphatic rings. The lowest BCUT2D eigenvalue weighted by Crippen LogP contribution is -2.41. The van der Waals surface area contributed by atoms with Crippen LogP contribution < -0.4 is 10.9 Å². The topological polar surface area (TPSA) is 56.3 Å². The molecule has 5 nitrogen and oxygen atoms in total. The Morgan fingerprint density at radius 2 is 1.80 bits per heavy atom. The number of aromatic nitrogens is 2. The standard InChI is InChI=1S/C12H16BN3O2S2/c1-11(2)12(3,4)18-13(17-11)8-7-20-10(15-8)16-9-14-5-6-19-9/h5-7H,1-4H3,(H,14,15,16). The summed E-state index contributed by atoms with van der Waals surface area (Å²) in [6.45, 7) is 8.14. The number of nitrogens with zero attached hydrogens (tertiary/aromatic N) is 2. The molecule has 106 valence electrons. The first kappa shape index (κ1) is 14.0. The van der Waals surface area contributed by atoms with Crippen molar-refractivity contribution in [1.82, 2.24) is 9.97 Å². The molecule has 0 saturated carbocycles. The molecule has 1 N–H and O–H groups in total. The highest BCUT2D eigenvalue weighted by Crippen LogP contribution is 2.36. The molecule has 0 aliphatic carbocycles. The number of thiazole rings is 2. The zero-order chi connectivity index (χ0) is 14.4. The highest BCUT2D eigenvalue weighted by atomic mass is 32.1. The van der Waals surface area contributed by atoms with Gasteiger partial charge in [0.05, 0.1) is 16.8 Å². The van der Waals surface area contributed by atoms with Gasteiger partial charge in [-0.2, -0.15) is 0 Å². The monoisotopic (exact) mass is 309 g/mol.